The second kappa shape index (κ2) is 12.1. The van der Waals surface area contributed by atoms with E-state index in [2.05, 4.69) is 70.5 Å². The summed E-state index contributed by atoms with van der Waals surface area (Å²) in [6, 6.07) is 17.3. The van der Waals surface area contributed by atoms with E-state index in [1.54, 1.807) is 6.20 Å². The highest BCUT2D eigenvalue weighted by Gasteiger charge is 2.20. The smallest absolute Gasteiger partial charge is 0.0888 e. The zero-order valence-electron chi connectivity index (χ0n) is 19.6. The van der Waals surface area contributed by atoms with Crippen molar-refractivity contribution >= 4 is 11.9 Å². The zero-order valence-corrected chi connectivity index (χ0v) is 19.6. The standard InChI is InChI=1S/C28H35N3O/c1-4-17-29-18-16-23(3)28(30-32)21-27(26-11-7-6-10-22(26)2)24-12-14-25(15-13-24)31-19-8-5-9-20-31/h6-7,10-18,27H,4-5,8-9,19-21H2,1-3H3/b18-16-,28-23+,29-17?. The maximum atomic E-state index is 11.8. The molecule has 1 fully saturated rings. The maximum Gasteiger partial charge on any atom is 0.0888 e. The Balaban J connectivity index is 1.92. The number of rotatable bonds is 9. The molecule has 4 heteroatoms. The molecule has 32 heavy (non-hydrogen) atoms. The van der Waals surface area contributed by atoms with Gasteiger partial charge in [0.25, 0.3) is 0 Å². The first-order chi connectivity index (χ1) is 15.6. The number of benzene rings is 2. The minimum Gasteiger partial charge on any atom is -0.372 e. The lowest BCUT2D eigenvalue weighted by molar-refractivity contribution is 0.578. The molecule has 0 N–H and O–H groups in total. The van der Waals surface area contributed by atoms with Crippen molar-refractivity contribution in [3.05, 3.63) is 93.7 Å². The first-order valence-electron chi connectivity index (χ1n) is 11.8. The van der Waals surface area contributed by atoms with Crippen molar-refractivity contribution in [1.82, 2.24) is 0 Å². The molecule has 1 aliphatic heterocycles. The van der Waals surface area contributed by atoms with Gasteiger partial charge in [-0.05, 0) is 85.2 Å². The third-order valence-corrected chi connectivity index (χ3v) is 6.24. The topological polar surface area (TPSA) is 45.0 Å². The van der Waals surface area contributed by atoms with E-state index < -0.39 is 0 Å². The third kappa shape index (κ3) is 6.25. The summed E-state index contributed by atoms with van der Waals surface area (Å²) in [7, 11) is 0. The zero-order chi connectivity index (χ0) is 22.8. The average molecular weight is 430 g/mol. The summed E-state index contributed by atoms with van der Waals surface area (Å²) >= 11 is 0. The second-order valence-corrected chi connectivity index (χ2v) is 8.53. The number of aryl methyl sites for hydroxylation is 1. The van der Waals surface area contributed by atoms with Gasteiger partial charge in [-0.2, -0.15) is 0 Å². The van der Waals surface area contributed by atoms with Gasteiger partial charge in [-0.15, -0.1) is 4.91 Å². The number of nitroso groups, excluding NO2 is 1. The molecule has 0 bridgehead atoms. The molecule has 1 unspecified atom stereocenters. The molecule has 0 saturated carbocycles. The maximum absolute atomic E-state index is 11.8. The summed E-state index contributed by atoms with van der Waals surface area (Å²) in [6.07, 6.45) is 10.8. The van der Waals surface area contributed by atoms with Crippen LogP contribution in [-0.4, -0.2) is 19.3 Å². The Morgan fingerprint density at radius 1 is 1.06 bits per heavy atom. The summed E-state index contributed by atoms with van der Waals surface area (Å²) < 4.78 is 0. The molecule has 2 aromatic rings. The van der Waals surface area contributed by atoms with Gasteiger partial charge in [0.2, 0.25) is 0 Å². The summed E-state index contributed by atoms with van der Waals surface area (Å²) in [5.41, 5.74) is 6.39. The highest BCUT2D eigenvalue weighted by atomic mass is 16.3. The van der Waals surface area contributed by atoms with Gasteiger partial charge in [-0.25, -0.2) is 0 Å². The van der Waals surface area contributed by atoms with Gasteiger partial charge < -0.3 is 4.90 Å². The Hall–Kier alpha value is -3.01. The Kier molecular flexibility index (Phi) is 8.97. The van der Waals surface area contributed by atoms with Gasteiger partial charge >= 0.3 is 0 Å². The third-order valence-electron chi connectivity index (χ3n) is 6.24. The molecule has 0 radical (unpaired) electrons. The predicted octanol–water partition coefficient (Wildman–Crippen LogP) is 7.54. The van der Waals surface area contributed by atoms with Crippen LogP contribution in [0.15, 0.2) is 82.2 Å². The van der Waals surface area contributed by atoms with Crippen LogP contribution in [0.2, 0.25) is 0 Å². The van der Waals surface area contributed by atoms with Crippen LogP contribution in [0.25, 0.3) is 0 Å². The van der Waals surface area contributed by atoms with Crippen LogP contribution in [0, 0.1) is 11.8 Å². The number of piperidine rings is 1. The molecule has 1 aliphatic rings. The van der Waals surface area contributed by atoms with Crippen LogP contribution in [0.4, 0.5) is 5.69 Å². The molecule has 3 rings (SSSR count). The molecule has 0 spiro atoms. The number of anilines is 1. The normalized spacial score (nSPS) is 16.4. The van der Waals surface area contributed by atoms with E-state index in [1.807, 2.05) is 26.1 Å². The molecular weight excluding hydrogens is 394 g/mol. The lowest BCUT2D eigenvalue weighted by Crippen LogP contribution is -2.29. The molecule has 0 amide bonds. The Labute approximate surface area is 192 Å². The quantitative estimate of drug-likeness (QED) is 0.235. The van der Waals surface area contributed by atoms with Crippen molar-refractivity contribution in [1.29, 1.82) is 0 Å². The first-order valence-corrected chi connectivity index (χ1v) is 11.8. The van der Waals surface area contributed by atoms with Crippen molar-refractivity contribution in [2.24, 2.45) is 10.2 Å². The number of aliphatic imine (C=N–C) groups is 1. The Morgan fingerprint density at radius 2 is 1.78 bits per heavy atom. The van der Waals surface area contributed by atoms with Gasteiger partial charge in [-0.1, -0.05) is 43.3 Å². The van der Waals surface area contributed by atoms with E-state index in [4.69, 9.17) is 0 Å². The van der Waals surface area contributed by atoms with Crippen molar-refractivity contribution in [3.63, 3.8) is 0 Å². The fraction of sp³-hybridized carbons (Fsp3) is 0.393. The molecule has 1 atom stereocenters. The highest BCUT2D eigenvalue weighted by molar-refractivity contribution is 5.57. The van der Waals surface area contributed by atoms with Crippen LogP contribution in [0.1, 0.15) is 68.6 Å². The van der Waals surface area contributed by atoms with Crippen LogP contribution < -0.4 is 4.90 Å². The van der Waals surface area contributed by atoms with E-state index in [-0.39, 0.29) is 5.92 Å². The monoisotopic (exact) mass is 429 g/mol. The molecule has 168 valence electrons. The summed E-state index contributed by atoms with van der Waals surface area (Å²) in [6.45, 7) is 8.38. The Bertz CT molecular complexity index is 966. The van der Waals surface area contributed by atoms with Crippen LogP contribution in [0.5, 0.6) is 0 Å². The van der Waals surface area contributed by atoms with Crippen LogP contribution >= 0.6 is 0 Å². The summed E-state index contributed by atoms with van der Waals surface area (Å²) in [4.78, 5) is 18.5. The van der Waals surface area contributed by atoms with E-state index >= 15 is 0 Å². The van der Waals surface area contributed by atoms with Crippen molar-refractivity contribution in [2.75, 3.05) is 18.0 Å². The number of hydrogen-bond acceptors (Lipinski definition) is 4. The molecule has 0 aliphatic carbocycles. The van der Waals surface area contributed by atoms with Gasteiger partial charge in [-0.3, -0.25) is 4.99 Å². The fourth-order valence-corrected chi connectivity index (χ4v) is 4.34. The highest BCUT2D eigenvalue weighted by Crippen LogP contribution is 2.35. The number of allylic oxidation sites excluding steroid dienone is 3. The molecule has 4 nitrogen and oxygen atoms in total. The molecule has 2 aromatic carbocycles. The fourth-order valence-electron chi connectivity index (χ4n) is 4.34. The summed E-state index contributed by atoms with van der Waals surface area (Å²) in [5.74, 6) is 0.0711. The van der Waals surface area contributed by atoms with E-state index in [1.165, 1.54) is 41.6 Å². The van der Waals surface area contributed by atoms with E-state index in [0.717, 1.165) is 25.1 Å². The van der Waals surface area contributed by atoms with Gasteiger partial charge in [0.05, 0.1) is 5.70 Å². The minimum atomic E-state index is 0.0711. The van der Waals surface area contributed by atoms with Crippen molar-refractivity contribution < 1.29 is 0 Å². The summed E-state index contributed by atoms with van der Waals surface area (Å²) in [5, 5.41) is 3.42. The van der Waals surface area contributed by atoms with Crippen molar-refractivity contribution in [2.45, 2.75) is 58.8 Å². The van der Waals surface area contributed by atoms with Gasteiger partial charge in [0.1, 0.15) is 0 Å². The first kappa shape index (κ1) is 23.6. The van der Waals surface area contributed by atoms with Crippen molar-refractivity contribution in [3.8, 4) is 0 Å². The molecular formula is C28H35N3O. The minimum absolute atomic E-state index is 0.0711. The second-order valence-electron chi connectivity index (χ2n) is 8.53. The largest absolute Gasteiger partial charge is 0.372 e. The van der Waals surface area contributed by atoms with Crippen LogP contribution in [-0.2, 0) is 0 Å². The van der Waals surface area contributed by atoms with Gasteiger partial charge in [0.15, 0.2) is 0 Å². The lowest BCUT2D eigenvalue weighted by atomic mass is 9.84. The molecule has 1 heterocycles. The molecule has 1 saturated heterocycles. The molecule has 0 aromatic heterocycles. The van der Waals surface area contributed by atoms with E-state index in [0.29, 0.717) is 12.1 Å². The number of nitrogens with zero attached hydrogens (tertiary/aromatic N) is 3. The van der Waals surface area contributed by atoms with E-state index in [9.17, 15) is 4.91 Å². The Morgan fingerprint density at radius 3 is 2.44 bits per heavy atom. The van der Waals surface area contributed by atoms with Gasteiger partial charge in [0, 0.05) is 43.5 Å². The SMILES string of the molecule is CCC=N/C=C\C(C)=C(/CC(c1ccc(N2CCCCC2)cc1)c1ccccc1C)N=O. The predicted molar refractivity (Wildman–Crippen MR) is 137 cm³/mol. The lowest BCUT2D eigenvalue weighted by Gasteiger charge is -2.29. The number of hydrogen-bond donors (Lipinski definition) is 0. The average Bonchev–Trinajstić information content (AvgIpc) is 2.84. The van der Waals surface area contributed by atoms with Crippen LogP contribution in [0.3, 0.4) is 0 Å².